The van der Waals surface area contributed by atoms with E-state index in [2.05, 4.69) is 36.0 Å². The number of rotatable bonds is 0. The molecule has 1 spiro atoms. The average molecular weight is 281 g/mol. The summed E-state index contributed by atoms with van der Waals surface area (Å²) in [6.45, 7) is 7.54. The van der Waals surface area contributed by atoms with Gasteiger partial charge in [-0.05, 0) is 56.7 Å². The molecule has 0 unspecified atom stereocenters. The fraction of sp³-hybridized carbons (Fsp3) is 0.625. The van der Waals surface area contributed by atoms with Crippen molar-refractivity contribution in [3.8, 4) is 0 Å². The minimum absolute atomic E-state index is 0.349. The maximum atomic E-state index is 6.17. The van der Waals surface area contributed by atoms with Crippen LogP contribution in [0.1, 0.15) is 32.3 Å². The topological polar surface area (TPSA) is 6.48 Å². The molecule has 1 fully saturated rings. The Bertz CT molecular complexity index is 436. The number of fused-ring (bicyclic) bond motifs is 2. The second-order valence-corrected chi connectivity index (χ2v) is 6.04. The van der Waals surface area contributed by atoms with Crippen molar-refractivity contribution >= 4 is 17.3 Å². The van der Waals surface area contributed by atoms with E-state index in [1.807, 2.05) is 19.9 Å². The Hall–Kier alpha value is -0.730. The van der Waals surface area contributed by atoms with E-state index in [9.17, 15) is 0 Å². The zero-order valence-electron chi connectivity index (χ0n) is 12.5. The summed E-state index contributed by atoms with van der Waals surface area (Å²) in [4.78, 5) is 4.81. The van der Waals surface area contributed by atoms with Crippen molar-refractivity contribution in [2.75, 3.05) is 38.6 Å². The third-order valence-electron chi connectivity index (χ3n) is 4.43. The van der Waals surface area contributed by atoms with E-state index < -0.39 is 0 Å². The lowest BCUT2D eigenvalue weighted by atomic mass is 9.74. The van der Waals surface area contributed by atoms with E-state index in [1.165, 1.54) is 37.2 Å². The molecule has 0 N–H and O–H groups in total. The van der Waals surface area contributed by atoms with E-state index >= 15 is 0 Å². The van der Waals surface area contributed by atoms with Crippen LogP contribution in [0.5, 0.6) is 0 Å². The summed E-state index contributed by atoms with van der Waals surface area (Å²) in [6, 6.07) is 6.36. The van der Waals surface area contributed by atoms with Gasteiger partial charge in [-0.3, -0.25) is 0 Å². The molecule has 0 radical (unpaired) electrons. The van der Waals surface area contributed by atoms with E-state index in [0.717, 1.165) is 11.6 Å². The standard InChI is InChI=1S/C14H19ClN2.C2H6/c1-16-7-5-14(6-8-16)10-17(2)13-4-3-11(15)9-12(13)14;1-2/h3-4,9H,5-8,10H2,1-2H3;1-2H3. The Morgan fingerprint density at radius 1 is 1.11 bits per heavy atom. The summed E-state index contributed by atoms with van der Waals surface area (Å²) in [7, 11) is 4.41. The van der Waals surface area contributed by atoms with Gasteiger partial charge < -0.3 is 9.80 Å². The minimum Gasteiger partial charge on any atom is -0.373 e. The highest BCUT2D eigenvalue weighted by Crippen LogP contribution is 2.46. The lowest BCUT2D eigenvalue weighted by Crippen LogP contribution is -2.43. The van der Waals surface area contributed by atoms with Gasteiger partial charge >= 0.3 is 0 Å². The fourth-order valence-electron chi connectivity index (χ4n) is 3.36. The molecule has 3 heteroatoms. The van der Waals surface area contributed by atoms with Crippen LogP contribution in [0.15, 0.2) is 18.2 Å². The first-order chi connectivity index (χ1) is 9.11. The predicted octanol–water partition coefficient (Wildman–Crippen LogP) is 3.78. The first-order valence-corrected chi connectivity index (χ1v) is 7.68. The van der Waals surface area contributed by atoms with Gasteiger partial charge in [0, 0.05) is 29.7 Å². The molecule has 1 aromatic rings. The van der Waals surface area contributed by atoms with Gasteiger partial charge in [-0.15, -0.1) is 0 Å². The molecule has 2 aliphatic rings. The Balaban J connectivity index is 0.000000637. The molecule has 106 valence electrons. The summed E-state index contributed by atoms with van der Waals surface area (Å²) in [5.74, 6) is 0. The number of benzene rings is 1. The van der Waals surface area contributed by atoms with Crippen LogP contribution in [-0.2, 0) is 5.41 Å². The van der Waals surface area contributed by atoms with Crippen molar-refractivity contribution in [3.63, 3.8) is 0 Å². The van der Waals surface area contributed by atoms with Crippen LogP contribution in [0.4, 0.5) is 5.69 Å². The average Bonchev–Trinajstić information content (AvgIpc) is 2.69. The first-order valence-electron chi connectivity index (χ1n) is 7.30. The van der Waals surface area contributed by atoms with Gasteiger partial charge in [0.25, 0.3) is 0 Å². The van der Waals surface area contributed by atoms with Crippen LogP contribution in [-0.4, -0.2) is 38.6 Å². The van der Waals surface area contributed by atoms with Crippen molar-refractivity contribution in [1.82, 2.24) is 4.90 Å². The van der Waals surface area contributed by atoms with Gasteiger partial charge in [-0.1, -0.05) is 25.4 Å². The molecule has 0 aromatic heterocycles. The molecule has 1 aromatic carbocycles. The number of halogens is 1. The van der Waals surface area contributed by atoms with Crippen molar-refractivity contribution in [2.24, 2.45) is 0 Å². The van der Waals surface area contributed by atoms with E-state index in [-0.39, 0.29) is 0 Å². The SMILES string of the molecule is CC.CN1CCC2(CC1)CN(C)c1ccc(Cl)cc12. The molecule has 0 atom stereocenters. The highest BCUT2D eigenvalue weighted by atomic mass is 35.5. The molecule has 1 saturated heterocycles. The smallest absolute Gasteiger partial charge is 0.0410 e. The maximum absolute atomic E-state index is 6.17. The summed E-state index contributed by atoms with van der Waals surface area (Å²) in [5.41, 5.74) is 3.20. The predicted molar refractivity (Wildman–Crippen MR) is 84.5 cm³/mol. The number of nitrogens with zero attached hydrogens (tertiary/aromatic N) is 2. The molecule has 3 rings (SSSR count). The first kappa shape index (κ1) is 14.7. The Morgan fingerprint density at radius 3 is 2.37 bits per heavy atom. The summed E-state index contributed by atoms with van der Waals surface area (Å²) < 4.78 is 0. The second-order valence-electron chi connectivity index (χ2n) is 5.60. The molecule has 2 aliphatic heterocycles. The zero-order chi connectivity index (χ0) is 14.0. The van der Waals surface area contributed by atoms with Crippen LogP contribution < -0.4 is 4.90 Å². The van der Waals surface area contributed by atoms with E-state index in [1.54, 1.807) is 0 Å². The van der Waals surface area contributed by atoms with Gasteiger partial charge in [0.1, 0.15) is 0 Å². The Labute approximate surface area is 122 Å². The molecular weight excluding hydrogens is 256 g/mol. The molecule has 2 nitrogen and oxygen atoms in total. The number of hydrogen-bond acceptors (Lipinski definition) is 2. The fourth-order valence-corrected chi connectivity index (χ4v) is 3.54. The van der Waals surface area contributed by atoms with Gasteiger partial charge in [-0.25, -0.2) is 0 Å². The van der Waals surface area contributed by atoms with Crippen LogP contribution in [0, 0.1) is 0 Å². The van der Waals surface area contributed by atoms with Gasteiger partial charge in [0.2, 0.25) is 0 Å². The lowest BCUT2D eigenvalue weighted by molar-refractivity contribution is 0.197. The molecule has 0 amide bonds. The molecule has 19 heavy (non-hydrogen) atoms. The third-order valence-corrected chi connectivity index (χ3v) is 4.66. The zero-order valence-corrected chi connectivity index (χ0v) is 13.3. The monoisotopic (exact) mass is 280 g/mol. The highest BCUT2D eigenvalue weighted by molar-refractivity contribution is 6.30. The van der Waals surface area contributed by atoms with Crippen molar-refractivity contribution < 1.29 is 0 Å². The number of hydrogen-bond donors (Lipinski definition) is 0. The van der Waals surface area contributed by atoms with E-state index in [4.69, 9.17) is 11.6 Å². The largest absolute Gasteiger partial charge is 0.373 e. The summed E-state index contributed by atoms with van der Waals surface area (Å²) in [6.07, 6.45) is 2.50. The van der Waals surface area contributed by atoms with Crippen LogP contribution in [0.3, 0.4) is 0 Å². The molecule has 2 heterocycles. The Morgan fingerprint density at radius 2 is 1.74 bits per heavy atom. The van der Waals surface area contributed by atoms with Crippen LogP contribution in [0.25, 0.3) is 0 Å². The summed E-state index contributed by atoms with van der Waals surface area (Å²) in [5, 5.41) is 0.873. The minimum atomic E-state index is 0.349. The molecular formula is C16H25ClN2. The number of anilines is 1. The lowest BCUT2D eigenvalue weighted by Gasteiger charge is -2.38. The highest BCUT2D eigenvalue weighted by Gasteiger charge is 2.43. The molecule has 0 bridgehead atoms. The van der Waals surface area contributed by atoms with Gasteiger partial charge in [0.15, 0.2) is 0 Å². The number of likely N-dealkylation sites (tertiary alicyclic amines) is 1. The normalized spacial score (nSPS) is 21.0. The van der Waals surface area contributed by atoms with Crippen LogP contribution >= 0.6 is 11.6 Å². The molecule has 0 aliphatic carbocycles. The van der Waals surface area contributed by atoms with Gasteiger partial charge in [0.05, 0.1) is 0 Å². The molecule has 0 saturated carbocycles. The van der Waals surface area contributed by atoms with Crippen molar-refractivity contribution in [2.45, 2.75) is 32.1 Å². The summed E-state index contributed by atoms with van der Waals surface area (Å²) >= 11 is 6.17. The van der Waals surface area contributed by atoms with Crippen LogP contribution in [0.2, 0.25) is 5.02 Å². The van der Waals surface area contributed by atoms with Crippen molar-refractivity contribution in [1.29, 1.82) is 0 Å². The quantitative estimate of drug-likeness (QED) is 0.714. The number of likely N-dealkylation sites (N-methyl/N-ethyl adjacent to an activating group) is 1. The number of piperidine rings is 1. The van der Waals surface area contributed by atoms with Gasteiger partial charge in [-0.2, -0.15) is 0 Å². The second kappa shape index (κ2) is 5.72. The Kier molecular flexibility index (Phi) is 4.42. The third kappa shape index (κ3) is 2.61. The van der Waals surface area contributed by atoms with Crippen molar-refractivity contribution in [3.05, 3.63) is 28.8 Å². The van der Waals surface area contributed by atoms with E-state index in [0.29, 0.717) is 5.41 Å². The maximum Gasteiger partial charge on any atom is 0.0410 e.